The summed E-state index contributed by atoms with van der Waals surface area (Å²) in [5, 5.41) is 3.10. The highest BCUT2D eigenvalue weighted by Crippen LogP contribution is 2.36. The molecule has 1 aliphatic carbocycles. The van der Waals surface area contributed by atoms with Crippen molar-refractivity contribution in [2.24, 2.45) is 0 Å². The Morgan fingerprint density at radius 2 is 2.30 bits per heavy atom. The molecule has 27 heavy (non-hydrogen) atoms. The highest BCUT2D eigenvalue weighted by Gasteiger charge is 2.28. The predicted molar refractivity (Wildman–Crippen MR) is 109 cm³/mol. The van der Waals surface area contributed by atoms with Gasteiger partial charge in [0, 0.05) is 29.9 Å². The number of hydrogen-bond donors (Lipinski definition) is 2. The Kier molecular flexibility index (Phi) is 6.04. The first-order valence-electron chi connectivity index (χ1n) is 10.1. The molecule has 1 fully saturated rings. The Balaban J connectivity index is 1.31. The van der Waals surface area contributed by atoms with Gasteiger partial charge in [-0.25, -0.2) is 4.98 Å². The average Bonchev–Trinajstić information content (AvgIpc) is 3.44. The molecule has 1 unspecified atom stereocenters. The quantitative estimate of drug-likeness (QED) is 0.694. The van der Waals surface area contributed by atoms with Gasteiger partial charge < -0.3 is 10.3 Å². The van der Waals surface area contributed by atoms with E-state index in [1.807, 2.05) is 12.3 Å². The number of nitrogens with zero attached hydrogens (tertiary/aromatic N) is 2. The summed E-state index contributed by atoms with van der Waals surface area (Å²) in [5.41, 5.74) is 1.51. The normalized spacial score (nSPS) is 20.6. The average molecular weight is 385 g/mol. The smallest absolute Gasteiger partial charge is 0.261 e. The fourth-order valence-corrected chi connectivity index (χ4v) is 5.22. The van der Waals surface area contributed by atoms with Gasteiger partial charge in [0.15, 0.2) is 0 Å². The summed E-state index contributed by atoms with van der Waals surface area (Å²) in [6.45, 7) is 2.66. The van der Waals surface area contributed by atoms with Crippen LogP contribution >= 0.6 is 11.3 Å². The molecule has 0 spiro atoms. The third-order valence-electron chi connectivity index (χ3n) is 5.57. The summed E-state index contributed by atoms with van der Waals surface area (Å²) in [7, 11) is 0. The van der Waals surface area contributed by atoms with Crippen molar-refractivity contribution in [3.8, 4) is 0 Å². The van der Waals surface area contributed by atoms with E-state index in [-0.39, 0.29) is 5.91 Å². The van der Waals surface area contributed by atoms with E-state index in [1.54, 1.807) is 17.5 Å². The van der Waals surface area contributed by atoms with Crippen LogP contribution < -0.4 is 5.32 Å². The number of likely N-dealkylation sites (tertiary alicyclic amines) is 1. The van der Waals surface area contributed by atoms with Crippen LogP contribution in [0.1, 0.15) is 71.4 Å². The fraction of sp³-hybridized carbons (Fsp3) is 0.524. The van der Waals surface area contributed by atoms with Crippen molar-refractivity contribution in [2.45, 2.75) is 57.5 Å². The van der Waals surface area contributed by atoms with Gasteiger partial charge in [-0.3, -0.25) is 9.69 Å². The summed E-state index contributed by atoms with van der Waals surface area (Å²) in [4.78, 5) is 24.6. The summed E-state index contributed by atoms with van der Waals surface area (Å²) in [6, 6.07) is 4.52. The number of H-pyrrole nitrogens is 1. The van der Waals surface area contributed by atoms with Gasteiger partial charge in [-0.1, -0.05) is 11.6 Å². The molecule has 1 amide bonds. The van der Waals surface area contributed by atoms with E-state index in [0.717, 1.165) is 43.2 Å². The molecule has 0 aromatic carbocycles. The molecule has 1 atom stereocenters. The van der Waals surface area contributed by atoms with Crippen molar-refractivity contribution in [1.82, 2.24) is 20.2 Å². The van der Waals surface area contributed by atoms with E-state index < -0.39 is 0 Å². The summed E-state index contributed by atoms with van der Waals surface area (Å²) in [6.07, 6.45) is 14.4. The largest absolute Gasteiger partial charge is 0.351 e. The number of hydrogen-bond acceptors (Lipinski definition) is 4. The van der Waals surface area contributed by atoms with Crippen LogP contribution in [0.15, 0.2) is 36.2 Å². The van der Waals surface area contributed by atoms with Crippen LogP contribution in [0.2, 0.25) is 0 Å². The second kappa shape index (κ2) is 8.85. The highest BCUT2D eigenvalue weighted by molar-refractivity contribution is 7.14. The van der Waals surface area contributed by atoms with Crippen LogP contribution in [0.3, 0.4) is 0 Å². The lowest BCUT2D eigenvalue weighted by atomic mass is 9.97. The highest BCUT2D eigenvalue weighted by atomic mass is 32.1. The van der Waals surface area contributed by atoms with Crippen LogP contribution in [0.5, 0.6) is 0 Å². The molecule has 144 valence electrons. The number of aromatic nitrogens is 2. The van der Waals surface area contributed by atoms with Crippen molar-refractivity contribution in [1.29, 1.82) is 0 Å². The Morgan fingerprint density at radius 3 is 3.11 bits per heavy atom. The molecule has 1 saturated heterocycles. The van der Waals surface area contributed by atoms with Crippen LogP contribution in [0.4, 0.5) is 0 Å². The van der Waals surface area contributed by atoms with Crippen molar-refractivity contribution in [2.75, 3.05) is 13.1 Å². The summed E-state index contributed by atoms with van der Waals surface area (Å²) in [5.74, 6) is 1.08. The third kappa shape index (κ3) is 4.68. The molecule has 2 aliphatic rings. The Labute approximate surface area is 164 Å². The summed E-state index contributed by atoms with van der Waals surface area (Å²) >= 11 is 1.64. The fourth-order valence-electron chi connectivity index (χ4n) is 4.12. The predicted octanol–water partition coefficient (Wildman–Crippen LogP) is 4.43. The molecule has 5 nitrogen and oxygen atoms in total. The molecule has 0 saturated carbocycles. The van der Waals surface area contributed by atoms with Gasteiger partial charge in [0.1, 0.15) is 5.82 Å². The number of rotatable bonds is 7. The lowest BCUT2D eigenvalue weighted by molar-refractivity contribution is 0.0958. The molecule has 2 N–H and O–H groups in total. The maximum absolute atomic E-state index is 12.5. The maximum atomic E-state index is 12.5. The number of allylic oxidation sites excluding steroid dienone is 1. The first kappa shape index (κ1) is 18.4. The van der Waals surface area contributed by atoms with Gasteiger partial charge in [0.05, 0.1) is 11.4 Å². The lowest BCUT2D eigenvalue weighted by Crippen LogP contribution is -2.24. The number of thiophene rings is 1. The Hall–Kier alpha value is -1.92. The Morgan fingerprint density at radius 1 is 1.33 bits per heavy atom. The lowest BCUT2D eigenvalue weighted by Gasteiger charge is -2.22. The number of carbonyl (C=O) groups excluding carboxylic acids is 1. The zero-order valence-corrected chi connectivity index (χ0v) is 16.6. The minimum Gasteiger partial charge on any atom is -0.351 e. The number of amides is 1. The van der Waals surface area contributed by atoms with Gasteiger partial charge in [0.2, 0.25) is 0 Å². The maximum Gasteiger partial charge on any atom is 0.261 e. The zero-order chi connectivity index (χ0) is 18.5. The molecular weight excluding hydrogens is 356 g/mol. The summed E-state index contributed by atoms with van der Waals surface area (Å²) < 4.78 is 0. The number of nitrogens with one attached hydrogen (secondary N) is 2. The van der Waals surface area contributed by atoms with Gasteiger partial charge >= 0.3 is 0 Å². The van der Waals surface area contributed by atoms with E-state index in [4.69, 9.17) is 0 Å². The molecule has 0 radical (unpaired) electrons. The second-order valence-corrected chi connectivity index (χ2v) is 8.60. The van der Waals surface area contributed by atoms with E-state index >= 15 is 0 Å². The number of imidazole rings is 1. The molecule has 2 aromatic rings. The first-order chi connectivity index (χ1) is 13.3. The number of carbonyl (C=O) groups is 1. The van der Waals surface area contributed by atoms with Crippen molar-refractivity contribution >= 4 is 17.2 Å². The first-order valence-corrected chi connectivity index (χ1v) is 10.9. The van der Waals surface area contributed by atoms with Crippen molar-refractivity contribution in [3.05, 3.63) is 51.8 Å². The molecule has 0 bridgehead atoms. The molecule has 3 heterocycles. The molecule has 4 rings (SSSR count). The van der Waals surface area contributed by atoms with Gasteiger partial charge in [-0.2, -0.15) is 0 Å². The number of aromatic amines is 1. The monoisotopic (exact) mass is 384 g/mol. The van der Waals surface area contributed by atoms with Crippen LogP contribution in [0, 0.1) is 0 Å². The minimum absolute atomic E-state index is 0.0678. The van der Waals surface area contributed by atoms with Gasteiger partial charge in [-0.05, 0) is 63.6 Å². The van der Waals surface area contributed by atoms with Crippen molar-refractivity contribution in [3.63, 3.8) is 0 Å². The molecule has 2 aromatic heterocycles. The topological polar surface area (TPSA) is 61.0 Å². The Bertz CT molecular complexity index is 780. The molecular formula is C21H28N4OS. The SMILES string of the molecule is O=C(NCCC1=CCCCC1)c1ccc(C2CCCN2Cc2ncc[nH]2)s1. The third-order valence-corrected chi connectivity index (χ3v) is 6.75. The zero-order valence-electron chi connectivity index (χ0n) is 15.7. The van der Waals surface area contributed by atoms with E-state index in [2.05, 4.69) is 32.3 Å². The van der Waals surface area contributed by atoms with E-state index in [9.17, 15) is 4.79 Å². The molecule has 6 heteroatoms. The van der Waals surface area contributed by atoms with Gasteiger partial charge in [-0.15, -0.1) is 11.3 Å². The van der Waals surface area contributed by atoms with E-state index in [0.29, 0.717) is 6.04 Å². The standard InChI is InChI=1S/C21H28N4OS/c26-21(24-11-10-16-5-2-1-3-6-16)19-9-8-18(27-19)17-7-4-14-25(17)15-20-22-12-13-23-20/h5,8-9,12-13,17H,1-4,6-7,10-11,14-15H2,(H,22,23)(H,24,26). The van der Waals surface area contributed by atoms with Gasteiger partial charge in [0.25, 0.3) is 5.91 Å². The van der Waals surface area contributed by atoms with E-state index in [1.165, 1.54) is 42.6 Å². The van der Waals surface area contributed by atoms with Crippen molar-refractivity contribution < 1.29 is 4.79 Å². The van der Waals surface area contributed by atoms with Crippen LogP contribution in [-0.4, -0.2) is 33.9 Å². The van der Waals surface area contributed by atoms with Crippen LogP contribution in [-0.2, 0) is 6.54 Å². The minimum atomic E-state index is 0.0678. The molecule has 1 aliphatic heterocycles. The second-order valence-electron chi connectivity index (χ2n) is 7.48. The van der Waals surface area contributed by atoms with Crippen LogP contribution in [0.25, 0.3) is 0 Å².